The van der Waals surface area contributed by atoms with Gasteiger partial charge >= 0.3 is 0 Å². The molecule has 5 heteroatoms. The molecule has 0 bridgehead atoms. The summed E-state index contributed by atoms with van der Waals surface area (Å²) in [7, 11) is 0. The van der Waals surface area contributed by atoms with E-state index in [1.807, 2.05) is 6.26 Å². The predicted molar refractivity (Wildman–Crippen MR) is 80.5 cm³/mol. The number of thioether (sulfide) groups is 1. The van der Waals surface area contributed by atoms with Crippen molar-refractivity contribution < 1.29 is 0 Å². The van der Waals surface area contributed by atoms with Crippen LogP contribution in [0.15, 0.2) is 4.90 Å². The topological polar surface area (TPSA) is 53.0 Å². The smallest absolute Gasteiger partial charge is 0.131 e. The van der Waals surface area contributed by atoms with Crippen LogP contribution in [0.1, 0.15) is 31.1 Å². The van der Waals surface area contributed by atoms with Crippen LogP contribution >= 0.6 is 23.1 Å². The Morgan fingerprint density at radius 2 is 2.22 bits per heavy atom. The summed E-state index contributed by atoms with van der Waals surface area (Å²) in [6, 6.07) is 2.21. The molecule has 2 rings (SSSR count). The van der Waals surface area contributed by atoms with Crippen molar-refractivity contribution in [3.63, 3.8) is 0 Å². The van der Waals surface area contributed by atoms with E-state index >= 15 is 0 Å². The average Bonchev–Trinajstić information content (AvgIpc) is 2.54. The highest BCUT2D eigenvalue weighted by Gasteiger charge is 2.22. The van der Waals surface area contributed by atoms with Gasteiger partial charge in [0.15, 0.2) is 0 Å². The van der Waals surface area contributed by atoms with E-state index in [-0.39, 0.29) is 0 Å². The zero-order valence-electron chi connectivity index (χ0n) is 10.9. The number of anilines is 2. The molecular formula is C13H19N3S2. The Hall–Kier alpha value is -0.860. The molecule has 1 saturated heterocycles. The molecule has 1 aromatic rings. The number of nitrogen functional groups attached to an aromatic ring is 1. The molecule has 2 heterocycles. The maximum Gasteiger partial charge on any atom is 0.131 e. The second-order valence-corrected chi connectivity index (χ2v) is 6.63. The second kappa shape index (κ2) is 5.85. The van der Waals surface area contributed by atoms with Gasteiger partial charge in [-0.1, -0.05) is 6.92 Å². The van der Waals surface area contributed by atoms with E-state index in [0.29, 0.717) is 10.6 Å². The van der Waals surface area contributed by atoms with Crippen LogP contribution in [0.5, 0.6) is 0 Å². The van der Waals surface area contributed by atoms with Crippen molar-refractivity contribution in [3.8, 4) is 6.07 Å². The fraction of sp³-hybridized carbons (Fsp3) is 0.615. The van der Waals surface area contributed by atoms with Gasteiger partial charge in [-0.3, -0.25) is 0 Å². The Kier molecular flexibility index (Phi) is 4.41. The van der Waals surface area contributed by atoms with E-state index in [2.05, 4.69) is 17.9 Å². The fourth-order valence-corrected chi connectivity index (χ4v) is 4.40. The molecule has 0 amide bonds. The largest absolute Gasteiger partial charge is 0.396 e. The molecule has 0 spiro atoms. The molecule has 1 aromatic heterocycles. The summed E-state index contributed by atoms with van der Waals surface area (Å²) in [5, 5.41) is 10.3. The summed E-state index contributed by atoms with van der Waals surface area (Å²) >= 11 is 3.20. The Morgan fingerprint density at radius 1 is 1.44 bits per heavy atom. The SMILES string of the molecule is CSc1c(N2CCCC(C)CC2)sc(C#N)c1N. The van der Waals surface area contributed by atoms with Crippen LogP contribution < -0.4 is 10.6 Å². The highest BCUT2D eigenvalue weighted by Crippen LogP contribution is 2.44. The Balaban J connectivity index is 2.29. The molecule has 0 radical (unpaired) electrons. The van der Waals surface area contributed by atoms with E-state index in [1.165, 1.54) is 24.3 Å². The van der Waals surface area contributed by atoms with Crippen molar-refractivity contribution >= 4 is 33.8 Å². The Morgan fingerprint density at radius 3 is 2.89 bits per heavy atom. The van der Waals surface area contributed by atoms with Crippen LogP contribution in [-0.4, -0.2) is 19.3 Å². The number of nitrogens with zero attached hydrogens (tertiary/aromatic N) is 2. The van der Waals surface area contributed by atoms with Gasteiger partial charge in [-0.05, 0) is 31.4 Å². The maximum atomic E-state index is 9.10. The minimum Gasteiger partial charge on any atom is -0.396 e. The minimum atomic E-state index is 0.659. The Bertz CT molecular complexity index is 462. The molecule has 98 valence electrons. The number of hydrogen-bond donors (Lipinski definition) is 1. The molecule has 0 aliphatic carbocycles. The highest BCUT2D eigenvalue weighted by molar-refractivity contribution is 7.99. The molecule has 1 fully saturated rings. The van der Waals surface area contributed by atoms with E-state index in [1.54, 1.807) is 23.1 Å². The lowest BCUT2D eigenvalue weighted by molar-refractivity contribution is 0.521. The van der Waals surface area contributed by atoms with Gasteiger partial charge in [-0.2, -0.15) is 5.26 Å². The molecule has 1 atom stereocenters. The van der Waals surface area contributed by atoms with Crippen molar-refractivity contribution in [1.82, 2.24) is 0 Å². The Labute approximate surface area is 117 Å². The number of thiophene rings is 1. The van der Waals surface area contributed by atoms with Gasteiger partial charge in [0.1, 0.15) is 15.9 Å². The van der Waals surface area contributed by atoms with Crippen LogP contribution in [0.25, 0.3) is 0 Å². The van der Waals surface area contributed by atoms with Crippen LogP contribution in [0.4, 0.5) is 10.7 Å². The third kappa shape index (κ3) is 2.60. The van der Waals surface area contributed by atoms with Gasteiger partial charge in [-0.15, -0.1) is 23.1 Å². The summed E-state index contributed by atoms with van der Waals surface area (Å²) < 4.78 is 0. The van der Waals surface area contributed by atoms with Crippen molar-refractivity contribution in [2.45, 2.75) is 31.1 Å². The van der Waals surface area contributed by atoms with Crippen LogP contribution in [-0.2, 0) is 0 Å². The van der Waals surface area contributed by atoms with E-state index in [9.17, 15) is 0 Å². The molecule has 2 N–H and O–H groups in total. The van der Waals surface area contributed by atoms with Gasteiger partial charge in [0.25, 0.3) is 0 Å². The van der Waals surface area contributed by atoms with Crippen molar-refractivity contribution in [1.29, 1.82) is 5.26 Å². The van der Waals surface area contributed by atoms with E-state index < -0.39 is 0 Å². The molecule has 3 nitrogen and oxygen atoms in total. The number of rotatable bonds is 2. The first-order chi connectivity index (χ1) is 8.67. The zero-order chi connectivity index (χ0) is 13.1. The van der Waals surface area contributed by atoms with Crippen LogP contribution in [0.2, 0.25) is 0 Å². The van der Waals surface area contributed by atoms with E-state index in [0.717, 1.165) is 23.9 Å². The quantitative estimate of drug-likeness (QED) is 0.842. The molecule has 1 aliphatic rings. The first-order valence-electron chi connectivity index (χ1n) is 6.28. The van der Waals surface area contributed by atoms with E-state index in [4.69, 9.17) is 11.0 Å². The van der Waals surface area contributed by atoms with Gasteiger partial charge in [0.2, 0.25) is 0 Å². The lowest BCUT2D eigenvalue weighted by atomic mass is 10.0. The molecule has 0 aromatic carbocycles. The number of nitrogens with two attached hydrogens (primary N) is 1. The van der Waals surface area contributed by atoms with Gasteiger partial charge in [0.05, 0.1) is 10.6 Å². The second-order valence-electron chi connectivity index (χ2n) is 4.82. The molecule has 1 aliphatic heterocycles. The standard InChI is InChI=1S/C13H19N3S2/c1-9-4-3-6-16(7-5-9)13-12(17-2)11(15)10(8-14)18-13/h9H,3-7,15H2,1-2H3. The maximum absolute atomic E-state index is 9.10. The molecule has 18 heavy (non-hydrogen) atoms. The summed E-state index contributed by atoms with van der Waals surface area (Å²) in [5.74, 6) is 0.806. The van der Waals surface area contributed by atoms with Gasteiger partial charge in [-0.25, -0.2) is 0 Å². The third-order valence-electron chi connectivity index (χ3n) is 3.49. The molecule has 1 unspecified atom stereocenters. The van der Waals surface area contributed by atoms with Crippen LogP contribution in [0.3, 0.4) is 0 Å². The fourth-order valence-electron chi connectivity index (χ4n) is 2.37. The monoisotopic (exact) mass is 281 g/mol. The number of nitriles is 1. The van der Waals surface area contributed by atoms with Crippen molar-refractivity contribution in [2.75, 3.05) is 30.0 Å². The molecule has 0 saturated carbocycles. The summed E-state index contributed by atoms with van der Waals surface area (Å²) in [6.45, 7) is 4.49. The normalized spacial score (nSPS) is 20.5. The lowest BCUT2D eigenvalue weighted by Gasteiger charge is -2.22. The third-order valence-corrected chi connectivity index (χ3v) is 5.61. The first kappa shape index (κ1) is 13.6. The zero-order valence-corrected chi connectivity index (χ0v) is 12.5. The van der Waals surface area contributed by atoms with Gasteiger partial charge in [0, 0.05) is 13.1 Å². The summed E-state index contributed by atoms with van der Waals surface area (Å²) in [4.78, 5) is 4.16. The summed E-state index contributed by atoms with van der Waals surface area (Å²) in [6.07, 6.45) is 5.79. The van der Waals surface area contributed by atoms with Gasteiger partial charge < -0.3 is 10.6 Å². The van der Waals surface area contributed by atoms with Crippen LogP contribution in [0, 0.1) is 17.2 Å². The summed E-state index contributed by atoms with van der Waals surface area (Å²) in [5.41, 5.74) is 6.71. The van der Waals surface area contributed by atoms with Crippen molar-refractivity contribution in [3.05, 3.63) is 4.88 Å². The van der Waals surface area contributed by atoms with Crippen molar-refractivity contribution in [2.24, 2.45) is 5.92 Å². The minimum absolute atomic E-state index is 0.659. The number of hydrogen-bond acceptors (Lipinski definition) is 5. The first-order valence-corrected chi connectivity index (χ1v) is 8.32. The molecular weight excluding hydrogens is 262 g/mol. The lowest BCUT2D eigenvalue weighted by Crippen LogP contribution is -2.23. The predicted octanol–water partition coefficient (Wildman–Crippen LogP) is 3.55. The average molecular weight is 281 g/mol. The highest BCUT2D eigenvalue weighted by atomic mass is 32.2.